The van der Waals surface area contributed by atoms with Gasteiger partial charge in [0.15, 0.2) is 0 Å². The van der Waals surface area contributed by atoms with Gasteiger partial charge in [-0.2, -0.15) is 0 Å². The summed E-state index contributed by atoms with van der Waals surface area (Å²) in [6.45, 7) is 0. The summed E-state index contributed by atoms with van der Waals surface area (Å²) in [5.74, 6) is 0. The Bertz CT molecular complexity index is 382. The van der Waals surface area contributed by atoms with Crippen LogP contribution in [0.5, 0.6) is 0 Å². The fourth-order valence-corrected chi connectivity index (χ4v) is 1.42. The summed E-state index contributed by atoms with van der Waals surface area (Å²) in [6, 6.07) is 0. The molecule has 0 fully saturated rings. The van der Waals surface area contributed by atoms with Crippen LogP contribution in [-0.4, -0.2) is 9.97 Å². The zero-order valence-electron chi connectivity index (χ0n) is 7.72. The van der Waals surface area contributed by atoms with Gasteiger partial charge in [0.1, 0.15) is 6.33 Å². The van der Waals surface area contributed by atoms with Gasteiger partial charge in [0.2, 0.25) is 0 Å². The first-order chi connectivity index (χ1) is 6.71. The second-order valence-corrected chi connectivity index (χ2v) is 3.41. The van der Waals surface area contributed by atoms with Gasteiger partial charge in [-0.05, 0) is 12.5 Å². The molecule has 1 aliphatic rings. The van der Waals surface area contributed by atoms with Crippen LogP contribution in [0.1, 0.15) is 12.0 Å². The quantitative estimate of drug-likeness (QED) is 0.670. The van der Waals surface area contributed by atoms with Crippen LogP contribution in [0.3, 0.4) is 0 Å². The van der Waals surface area contributed by atoms with Crippen molar-refractivity contribution < 1.29 is 0 Å². The summed E-state index contributed by atoms with van der Waals surface area (Å²) >= 11 is 0. The topological polar surface area (TPSA) is 77.8 Å². The van der Waals surface area contributed by atoms with Crippen molar-refractivity contribution in [2.75, 3.05) is 0 Å². The van der Waals surface area contributed by atoms with Crippen LogP contribution < -0.4 is 11.5 Å². The number of nitrogens with zero attached hydrogens (tertiary/aromatic N) is 2. The lowest BCUT2D eigenvalue weighted by atomic mass is 9.86. The first-order valence-electron chi connectivity index (χ1n) is 4.40. The van der Waals surface area contributed by atoms with Crippen molar-refractivity contribution >= 4 is 0 Å². The number of rotatable bonds is 1. The molecular weight excluding hydrogens is 176 g/mol. The number of hydrogen-bond donors (Lipinski definition) is 2. The molecule has 72 valence electrons. The lowest BCUT2D eigenvalue weighted by molar-refractivity contribution is 0.557. The van der Waals surface area contributed by atoms with Crippen LogP contribution in [-0.2, 0) is 5.54 Å². The van der Waals surface area contributed by atoms with E-state index in [1.165, 1.54) is 6.33 Å². The van der Waals surface area contributed by atoms with Gasteiger partial charge in [0.25, 0.3) is 0 Å². The van der Waals surface area contributed by atoms with Crippen LogP contribution >= 0.6 is 0 Å². The second-order valence-electron chi connectivity index (χ2n) is 3.41. The fourth-order valence-electron chi connectivity index (χ4n) is 1.42. The van der Waals surface area contributed by atoms with Crippen molar-refractivity contribution in [3.63, 3.8) is 0 Å². The Kier molecular flexibility index (Phi) is 2.05. The van der Waals surface area contributed by atoms with Crippen LogP contribution in [0.15, 0.2) is 42.6 Å². The molecule has 0 saturated carbocycles. The minimum absolute atomic E-state index is 0.510. The molecule has 2 rings (SSSR count). The van der Waals surface area contributed by atoms with Crippen LogP contribution in [0.2, 0.25) is 0 Å². The van der Waals surface area contributed by atoms with Crippen molar-refractivity contribution in [3.05, 3.63) is 48.2 Å². The monoisotopic (exact) mass is 188 g/mol. The maximum absolute atomic E-state index is 6.18. The molecule has 1 atom stereocenters. The van der Waals surface area contributed by atoms with Crippen molar-refractivity contribution in [1.82, 2.24) is 9.97 Å². The smallest absolute Gasteiger partial charge is 0.115 e. The number of allylic oxidation sites excluding steroid dienone is 1. The Balaban J connectivity index is 2.32. The largest absolute Gasteiger partial charge is 0.399 e. The van der Waals surface area contributed by atoms with Gasteiger partial charge in [-0.1, -0.05) is 12.2 Å². The van der Waals surface area contributed by atoms with Crippen molar-refractivity contribution in [3.8, 4) is 0 Å². The molecule has 0 amide bonds. The molecule has 0 aliphatic heterocycles. The van der Waals surface area contributed by atoms with E-state index >= 15 is 0 Å². The van der Waals surface area contributed by atoms with Gasteiger partial charge in [-0.3, -0.25) is 0 Å². The fraction of sp³-hybridized carbons (Fsp3) is 0.200. The molecule has 4 nitrogen and oxygen atoms in total. The predicted molar refractivity (Wildman–Crippen MR) is 53.9 cm³/mol. The van der Waals surface area contributed by atoms with Gasteiger partial charge >= 0.3 is 0 Å². The van der Waals surface area contributed by atoms with Crippen LogP contribution in [0, 0.1) is 0 Å². The van der Waals surface area contributed by atoms with Crippen molar-refractivity contribution in [2.45, 2.75) is 12.0 Å². The third-order valence-electron chi connectivity index (χ3n) is 2.35. The molecule has 1 aliphatic carbocycles. The highest BCUT2D eigenvalue weighted by Gasteiger charge is 2.25. The minimum Gasteiger partial charge on any atom is -0.399 e. The maximum Gasteiger partial charge on any atom is 0.115 e. The lowest BCUT2D eigenvalue weighted by Crippen LogP contribution is -2.35. The molecule has 0 aromatic carbocycles. The number of nitrogens with two attached hydrogens (primary N) is 2. The average molecular weight is 188 g/mol. The van der Waals surface area contributed by atoms with E-state index in [9.17, 15) is 0 Å². The van der Waals surface area contributed by atoms with Gasteiger partial charge in [-0.15, -0.1) is 0 Å². The van der Waals surface area contributed by atoms with Gasteiger partial charge < -0.3 is 11.5 Å². The zero-order chi connectivity index (χ0) is 10.0. The molecule has 1 aromatic rings. The van der Waals surface area contributed by atoms with E-state index in [-0.39, 0.29) is 0 Å². The first kappa shape index (κ1) is 8.90. The molecular formula is C10H12N4. The first-order valence-corrected chi connectivity index (χ1v) is 4.40. The molecule has 4 N–H and O–H groups in total. The van der Waals surface area contributed by atoms with Gasteiger partial charge in [0, 0.05) is 23.7 Å². The van der Waals surface area contributed by atoms with E-state index in [0.29, 0.717) is 6.42 Å². The Morgan fingerprint density at radius 2 is 2.00 bits per heavy atom. The SMILES string of the molecule is NC1=CCC(N)(c2cncnc2)C=C1. The number of hydrogen-bond acceptors (Lipinski definition) is 4. The summed E-state index contributed by atoms with van der Waals surface area (Å²) in [5.41, 5.74) is 12.9. The second kappa shape index (κ2) is 3.23. The van der Waals surface area contributed by atoms with E-state index in [1.807, 2.05) is 18.2 Å². The zero-order valence-corrected chi connectivity index (χ0v) is 7.72. The van der Waals surface area contributed by atoms with Crippen LogP contribution in [0.4, 0.5) is 0 Å². The molecule has 1 unspecified atom stereocenters. The van der Waals surface area contributed by atoms with E-state index < -0.39 is 5.54 Å². The molecule has 1 aromatic heterocycles. The van der Waals surface area contributed by atoms with Crippen molar-refractivity contribution in [1.29, 1.82) is 0 Å². The Morgan fingerprint density at radius 3 is 2.57 bits per heavy atom. The molecule has 4 heteroatoms. The summed E-state index contributed by atoms with van der Waals surface area (Å²) in [7, 11) is 0. The summed E-state index contributed by atoms with van der Waals surface area (Å²) in [5, 5.41) is 0. The van der Waals surface area contributed by atoms with Crippen molar-refractivity contribution in [2.24, 2.45) is 11.5 Å². The maximum atomic E-state index is 6.18. The third-order valence-corrected chi connectivity index (χ3v) is 2.35. The van der Waals surface area contributed by atoms with E-state index in [0.717, 1.165) is 11.3 Å². The normalized spacial score (nSPS) is 25.9. The summed E-state index contributed by atoms with van der Waals surface area (Å²) < 4.78 is 0. The molecule has 0 radical (unpaired) electrons. The molecule has 0 saturated heterocycles. The number of aromatic nitrogens is 2. The van der Waals surface area contributed by atoms with E-state index in [1.54, 1.807) is 12.4 Å². The van der Waals surface area contributed by atoms with E-state index in [2.05, 4.69) is 9.97 Å². The molecule has 1 heterocycles. The Labute approximate surface area is 82.4 Å². The highest BCUT2D eigenvalue weighted by molar-refractivity contribution is 5.33. The van der Waals surface area contributed by atoms with Gasteiger partial charge in [-0.25, -0.2) is 9.97 Å². The van der Waals surface area contributed by atoms with Crippen LogP contribution in [0.25, 0.3) is 0 Å². The Hall–Kier alpha value is -1.68. The lowest BCUT2D eigenvalue weighted by Gasteiger charge is -2.26. The molecule has 14 heavy (non-hydrogen) atoms. The summed E-state index contributed by atoms with van der Waals surface area (Å²) in [4.78, 5) is 7.89. The summed E-state index contributed by atoms with van der Waals surface area (Å²) in [6.07, 6.45) is 11.2. The van der Waals surface area contributed by atoms with E-state index in [4.69, 9.17) is 11.5 Å². The molecule has 0 spiro atoms. The van der Waals surface area contributed by atoms with Gasteiger partial charge in [0.05, 0.1) is 5.54 Å². The Morgan fingerprint density at radius 1 is 1.29 bits per heavy atom. The minimum atomic E-state index is -0.510. The predicted octanol–water partition coefficient (Wildman–Crippen LogP) is 0.433. The average Bonchev–Trinajstić information content (AvgIpc) is 2.24. The highest BCUT2D eigenvalue weighted by Crippen LogP contribution is 2.26. The highest BCUT2D eigenvalue weighted by atomic mass is 14.8. The molecule has 0 bridgehead atoms. The third kappa shape index (κ3) is 1.52. The standard InChI is InChI=1S/C10H12N4/c11-9-1-3-10(12,4-2-9)8-5-13-7-14-6-8/h1-3,5-7H,4,11-12H2.